The van der Waals surface area contributed by atoms with Gasteiger partial charge in [-0.05, 0) is 65.9 Å². The first-order valence-electron chi connectivity index (χ1n) is 6.40. The minimum Gasteiger partial charge on any atom is -0.381 e. The fourth-order valence-corrected chi connectivity index (χ4v) is 2.98. The Morgan fingerprint density at radius 3 is 2.78 bits per heavy atom. The van der Waals surface area contributed by atoms with Crippen LogP contribution in [0.1, 0.15) is 30.9 Å². The van der Waals surface area contributed by atoms with Crippen molar-refractivity contribution < 1.29 is 4.74 Å². The lowest BCUT2D eigenvalue weighted by Gasteiger charge is -2.27. The Morgan fingerprint density at radius 2 is 2.17 bits per heavy atom. The van der Waals surface area contributed by atoms with Crippen molar-refractivity contribution in [2.75, 3.05) is 20.3 Å². The number of ether oxygens (including phenoxy) is 1. The van der Waals surface area contributed by atoms with Gasteiger partial charge in [-0.1, -0.05) is 17.7 Å². The minimum absolute atomic E-state index is 0.390. The molecule has 0 radical (unpaired) electrons. The molecule has 0 aliphatic carbocycles. The summed E-state index contributed by atoms with van der Waals surface area (Å²) in [4.78, 5) is 0. The predicted molar refractivity (Wildman–Crippen MR) is 79.1 cm³/mol. The van der Waals surface area contributed by atoms with Crippen molar-refractivity contribution in [1.29, 1.82) is 0 Å². The van der Waals surface area contributed by atoms with E-state index in [0.29, 0.717) is 6.04 Å². The summed E-state index contributed by atoms with van der Waals surface area (Å²) in [6.45, 7) is 1.82. The molecule has 1 aromatic carbocycles. The lowest BCUT2D eigenvalue weighted by molar-refractivity contribution is 0.0608. The zero-order chi connectivity index (χ0) is 13.0. The largest absolute Gasteiger partial charge is 0.381 e. The molecule has 0 bridgehead atoms. The van der Waals surface area contributed by atoms with Gasteiger partial charge in [0, 0.05) is 23.7 Å². The van der Waals surface area contributed by atoms with Crippen molar-refractivity contribution >= 4 is 27.5 Å². The van der Waals surface area contributed by atoms with Crippen LogP contribution in [0.15, 0.2) is 22.7 Å². The predicted octanol–water partition coefficient (Wildman–Crippen LogP) is 4.18. The second-order valence-electron chi connectivity index (χ2n) is 4.81. The van der Waals surface area contributed by atoms with Crippen LogP contribution in [-0.2, 0) is 4.74 Å². The number of rotatable bonds is 4. The highest BCUT2D eigenvalue weighted by Gasteiger charge is 2.19. The van der Waals surface area contributed by atoms with Crippen LogP contribution in [0.3, 0.4) is 0 Å². The first-order chi connectivity index (χ1) is 8.70. The molecule has 1 fully saturated rings. The molecule has 1 N–H and O–H groups in total. The summed E-state index contributed by atoms with van der Waals surface area (Å²) in [5, 5.41) is 4.17. The molecule has 0 aromatic heterocycles. The molecule has 1 aromatic rings. The van der Waals surface area contributed by atoms with Gasteiger partial charge in [-0.15, -0.1) is 0 Å². The smallest absolute Gasteiger partial charge is 0.0548 e. The molecule has 1 aliphatic heterocycles. The zero-order valence-electron chi connectivity index (χ0n) is 10.6. The fraction of sp³-hybridized carbons (Fsp3) is 0.571. The summed E-state index contributed by atoms with van der Waals surface area (Å²) in [7, 11) is 2.02. The Morgan fingerprint density at radius 1 is 1.44 bits per heavy atom. The van der Waals surface area contributed by atoms with Gasteiger partial charge in [0.05, 0.1) is 5.02 Å². The Labute approximate surface area is 122 Å². The highest BCUT2D eigenvalue weighted by molar-refractivity contribution is 9.10. The van der Waals surface area contributed by atoms with E-state index in [1.165, 1.54) is 18.4 Å². The molecular weight excluding hydrogens is 314 g/mol. The maximum Gasteiger partial charge on any atom is 0.0548 e. The fourth-order valence-electron chi connectivity index (χ4n) is 2.47. The van der Waals surface area contributed by atoms with Crippen LogP contribution in [0.5, 0.6) is 0 Å². The first-order valence-corrected chi connectivity index (χ1v) is 7.57. The van der Waals surface area contributed by atoms with Crippen molar-refractivity contribution in [2.24, 2.45) is 5.92 Å². The Bertz CT molecular complexity index is 393. The second-order valence-corrected chi connectivity index (χ2v) is 6.07. The van der Waals surface area contributed by atoms with Gasteiger partial charge in [0.25, 0.3) is 0 Å². The highest BCUT2D eigenvalue weighted by Crippen LogP contribution is 2.31. The van der Waals surface area contributed by atoms with E-state index >= 15 is 0 Å². The van der Waals surface area contributed by atoms with Gasteiger partial charge < -0.3 is 10.1 Å². The SMILES string of the molecule is CNC(CC1CCOCC1)c1ccc(Cl)c(Br)c1. The van der Waals surface area contributed by atoms with E-state index in [1.54, 1.807) is 0 Å². The molecule has 0 saturated carbocycles. The lowest BCUT2D eigenvalue weighted by Crippen LogP contribution is -2.23. The van der Waals surface area contributed by atoms with E-state index in [0.717, 1.165) is 35.0 Å². The number of benzene rings is 1. The van der Waals surface area contributed by atoms with E-state index in [9.17, 15) is 0 Å². The lowest BCUT2D eigenvalue weighted by atomic mass is 9.89. The molecule has 4 heteroatoms. The maximum absolute atomic E-state index is 6.04. The van der Waals surface area contributed by atoms with Gasteiger partial charge in [-0.25, -0.2) is 0 Å². The number of hydrogen-bond acceptors (Lipinski definition) is 2. The second kappa shape index (κ2) is 6.90. The number of halogens is 2. The minimum atomic E-state index is 0.390. The van der Waals surface area contributed by atoms with E-state index in [1.807, 2.05) is 13.1 Å². The molecule has 18 heavy (non-hydrogen) atoms. The average molecular weight is 333 g/mol. The van der Waals surface area contributed by atoms with Crippen LogP contribution in [-0.4, -0.2) is 20.3 Å². The van der Waals surface area contributed by atoms with Gasteiger partial charge in [-0.2, -0.15) is 0 Å². The van der Waals surface area contributed by atoms with Gasteiger partial charge >= 0.3 is 0 Å². The standard InChI is InChI=1S/C14H19BrClNO/c1-17-14(8-10-4-6-18-7-5-10)11-2-3-13(16)12(15)9-11/h2-3,9-10,14,17H,4-8H2,1H3. The monoisotopic (exact) mass is 331 g/mol. The summed E-state index contributed by atoms with van der Waals surface area (Å²) in [5.41, 5.74) is 1.29. The topological polar surface area (TPSA) is 21.3 Å². The van der Waals surface area contributed by atoms with E-state index in [-0.39, 0.29) is 0 Å². The summed E-state index contributed by atoms with van der Waals surface area (Å²) < 4.78 is 6.38. The molecule has 2 rings (SSSR count). The highest BCUT2D eigenvalue weighted by atomic mass is 79.9. The Kier molecular flexibility index (Phi) is 5.49. The third kappa shape index (κ3) is 3.70. The van der Waals surface area contributed by atoms with Gasteiger partial charge in [0.1, 0.15) is 0 Å². The van der Waals surface area contributed by atoms with Crippen molar-refractivity contribution in [3.05, 3.63) is 33.3 Å². The zero-order valence-corrected chi connectivity index (χ0v) is 12.9. The van der Waals surface area contributed by atoms with E-state index in [2.05, 4.69) is 33.4 Å². The molecule has 0 spiro atoms. The normalized spacial score (nSPS) is 18.8. The van der Waals surface area contributed by atoms with Crippen molar-refractivity contribution in [1.82, 2.24) is 5.32 Å². The molecular formula is C14H19BrClNO. The third-order valence-electron chi connectivity index (χ3n) is 3.60. The van der Waals surface area contributed by atoms with E-state index < -0.39 is 0 Å². The molecule has 1 saturated heterocycles. The van der Waals surface area contributed by atoms with Crippen LogP contribution in [0.25, 0.3) is 0 Å². The number of nitrogens with one attached hydrogen (secondary N) is 1. The van der Waals surface area contributed by atoms with Gasteiger partial charge in [-0.3, -0.25) is 0 Å². The van der Waals surface area contributed by atoms with Gasteiger partial charge in [0.15, 0.2) is 0 Å². The van der Waals surface area contributed by atoms with Crippen LogP contribution < -0.4 is 5.32 Å². The molecule has 1 aliphatic rings. The summed E-state index contributed by atoms with van der Waals surface area (Å²) in [6, 6.07) is 6.56. The Balaban J connectivity index is 2.04. The van der Waals surface area contributed by atoms with Crippen LogP contribution >= 0.6 is 27.5 Å². The van der Waals surface area contributed by atoms with Gasteiger partial charge in [0.2, 0.25) is 0 Å². The molecule has 1 heterocycles. The van der Waals surface area contributed by atoms with E-state index in [4.69, 9.17) is 16.3 Å². The van der Waals surface area contributed by atoms with Crippen LogP contribution in [0.2, 0.25) is 5.02 Å². The quantitative estimate of drug-likeness (QED) is 0.893. The summed E-state index contributed by atoms with van der Waals surface area (Å²) in [5.74, 6) is 0.755. The molecule has 2 nitrogen and oxygen atoms in total. The molecule has 0 amide bonds. The summed E-state index contributed by atoms with van der Waals surface area (Å²) in [6.07, 6.45) is 3.51. The van der Waals surface area contributed by atoms with Crippen molar-refractivity contribution in [2.45, 2.75) is 25.3 Å². The van der Waals surface area contributed by atoms with Crippen LogP contribution in [0.4, 0.5) is 0 Å². The first kappa shape index (κ1) is 14.3. The maximum atomic E-state index is 6.04. The molecule has 100 valence electrons. The molecule has 1 atom stereocenters. The Hall–Kier alpha value is -0.0900. The molecule has 1 unspecified atom stereocenters. The van der Waals surface area contributed by atoms with Crippen LogP contribution in [0, 0.1) is 5.92 Å². The van der Waals surface area contributed by atoms with Crippen molar-refractivity contribution in [3.8, 4) is 0 Å². The summed E-state index contributed by atoms with van der Waals surface area (Å²) >= 11 is 9.53. The van der Waals surface area contributed by atoms with Crippen molar-refractivity contribution in [3.63, 3.8) is 0 Å². The number of hydrogen-bond donors (Lipinski definition) is 1. The third-order valence-corrected chi connectivity index (χ3v) is 4.82. The average Bonchev–Trinajstić information content (AvgIpc) is 2.40.